The third-order valence-corrected chi connectivity index (χ3v) is 3.49. The minimum Gasteiger partial charge on any atom is -0.337 e. The molecule has 6 heteroatoms. The van der Waals surface area contributed by atoms with Gasteiger partial charge >= 0.3 is 0 Å². The molecule has 1 N–H and O–H groups in total. The molecule has 0 saturated carbocycles. The van der Waals surface area contributed by atoms with Crippen LogP contribution in [0, 0.1) is 13.8 Å². The number of aromatic nitrogens is 4. The maximum Gasteiger partial charge on any atom is 0.248 e. The Kier molecular flexibility index (Phi) is 5.12. The van der Waals surface area contributed by atoms with Gasteiger partial charge in [-0.15, -0.1) is 0 Å². The first kappa shape index (κ1) is 15.7. The Balaban J connectivity index is 2.11. The van der Waals surface area contributed by atoms with Crippen LogP contribution < -0.4 is 5.32 Å². The lowest BCUT2D eigenvalue weighted by Gasteiger charge is -2.08. The summed E-state index contributed by atoms with van der Waals surface area (Å²) in [5.74, 6) is 1.39. The third kappa shape index (κ3) is 3.91. The zero-order chi connectivity index (χ0) is 15.4. The van der Waals surface area contributed by atoms with Gasteiger partial charge in [0.25, 0.3) is 0 Å². The molecule has 0 unspecified atom stereocenters. The summed E-state index contributed by atoms with van der Waals surface area (Å²) in [6.07, 6.45) is 1.87. The lowest BCUT2D eigenvalue weighted by Crippen LogP contribution is -2.22. The summed E-state index contributed by atoms with van der Waals surface area (Å²) in [7, 11) is 0. The first-order chi connectivity index (χ1) is 10.0. The van der Waals surface area contributed by atoms with Crippen LogP contribution in [-0.2, 0) is 19.5 Å². The summed E-state index contributed by atoms with van der Waals surface area (Å²) in [5, 5.41) is 12.0. The quantitative estimate of drug-likeness (QED) is 0.848. The van der Waals surface area contributed by atoms with Gasteiger partial charge in [-0.1, -0.05) is 25.9 Å². The highest BCUT2D eigenvalue weighted by molar-refractivity contribution is 5.24. The van der Waals surface area contributed by atoms with E-state index in [9.17, 15) is 0 Å². The highest BCUT2D eigenvalue weighted by Crippen LogP contribution is 2.14. The van der Waals surface area contributed by atoms with Gasteiger partial charge in [0.15, 0.2) is 5.82 Å². The number of hydrogen-bond acceptors (Lipinski definition) is 5. The second-order valence-corrected chi connectivity index (χ2v) is 5.70. The number of aryl methyl sites for hydroxylation is 2. The molecule has 116 valence electrons. The van der Waals surface area contributed by atoms with Crippen molar-refractivity contribution in [1.82, 2.24) is 25.2 Å². The van der Waals surface area contributed by atoms with Crippen molar-refractivity contribution >= 4 is 0 Å². The summed E-state index contributed by atoms with van der Waals surface area (Å²) in [6, 6.07) is 0.458. The molecule has 0 aromatic carbocycles. The van der Waals surface area contributed by atoms with Gasteiger partial charge in [-0.25, -0.2) is 0 Å². The predicted octanol–water partition coefficient (Wildman–Crippen LogP) is 2.38. The molecule has 0 aliphatic heterocycles. The van der Waals surface area contributed by atoms with Crippen LogP contribution in [0.1, 0.15) is 55.9 Å². The van der Waals surface area contributed by atoms with E-state index in [1.807, 2.05) is 11.6 Å². The Morgan fingerprint density at radius 1 is 1.29 bits per heavy atom. The molecule has 2 heterocycles. The van der Waals surface area contributed by atoms with Gasteiger partial charge in [-0.3, -0.25) is 4.68 Å². The molecule has 0 radical (unpaired) electrons. The van der Waals surface area contributed by atoms with Crippen LogP contribution in [0.3, 0.4) is 0 Å². The molecule has 2 aromatic rings. The lowest BCUT2D eigenvalue weighted by atomic mass is 10.2. The zero-order valence-corrected chi connectivity index (χ0v) is 13.6. The average molecular weight is 291 g/mol. The van der Waals surface area contributed by atoms with Crippen LogP contribution in [0.5, 0.6) is 0 Å². The van der Waals surface area contributed by atoms with E-state index in [1.54, 1.807) is 0 Å². The van der Waals surface area contributed by atoms with Gasteiger partial charge < -0.3 is 9.84 Å². The molecule has 0 amide bonds. The fourth-order valence-electron chi connectivity index (χ4n) is 2.26. The summed E-state index contributed by atoms with van der Waals surface area (Å²) in [6.45, 7) is 11.9. The highest BCUT2D eigenvalue weighted by Gasteiger charge is 2.14. The summed E-state index contributed by atoms with van der Waals surface area (Å²) >= 11 is 0. The molecule has 0 aliphatic rings. The van der Waals surface area contributed by atoms with Crippen LogP contribution in [-0.4, -0.2) is 26.0 Å². The Bertz CT molecular complexity index is 585. The molecular weight excluding hydrogens is 266 g/mol. The third-order valence-electron chi connectivity index (χ3n) is 3.49. The monoisotopic (exact) mass is 291 g/mol. The van der Waals surface area contributed by atoms with E-state index >= 15 is 0 Å². The predicted molar refractivity (Wildman–Crippen MR) is 81.1 cm³/mol. The summed E-state index contributed by atoms with van der Waals surface area (Å²) in [4.78, 5) is 4.40. The van der Waals surface area contributed by atoms with Crippen LogP contribution in [0.2, 0.25) is 0 Å². The number of hydrogen-bond donors (Lipinski definition) is 1. The molecule has 0 bridgehead atoms. The van der Waals surface area contributed by atoms with Crippen molar-refractivity contribution < 1.29 is 4.52 Å². The van der Waals surface area contributed by atoms with Gasteiger partial charge in [0.2, 0.25) is 5.89 Å². The number of nitrogens with zero attached hydrogens (tertiary/aromatic N) is 4. The molecule has 21 heavy (non-hydrogen) atoms. The molecule has 0 aliphatic carbocycles. The fraction of sp³-hybridized carbons (Fsp3) is 0.667. The maximum absolute atomic E-state index is 5.29. The number of rotatable bonds is 7. The average Bonchev–Trinajstić information content (AvgIpc) is 2.95. The van der Waals surface area contributed by atoms with Crippen LogP contribution in [0.4, 0.5) is 0 Å². The molecule has 0 atom stereocenters. The van der Waals surface area contributed by atoms with Gasteiger partial charge in [0, 0.05) is 30.3 Å². The minimum atomic E-state index is 0.458. The highest BCUT2D eigenvalue weighted by atomic mass is 16.5. The van der Waals surface area contributed by atoms with Crippen molar-refractivity contribution in [2.24, 2.45) is 0 Å². The molecule has 0 saturated heterocycles. The summed E-state index contributed by atoms with van der Waals surface area (Å²) < 4.78 is 7.23. The fourth-order valence-corrected chi connectivity index (χ4v) is 2.26. The standard InChI is InChI=1S/C15H25N5O/c1-6-7-14-17-15(21-19-14)9-20-12(5)13(11(4)18-20)8-16-10(2)3/h10,16H,6-9H2,1-5H3. The van der Waals surface area contributed by atoms with Crippen LogP contribution in [0.25, 0.3) is 0 Å². The van der Waals surface area contributed by atoms with Gasteiger partial charge in [-0.05, 0) is 20.3 Å². The molecule has 0 fully saturated rings. The Hall–Kier alpha value is -1.69. The lowest BCUT2D eigenvalue weighted by molar-refractivity contribution is 0.359. The van der Waals surface area contributed by atoms with Crippen molar-refractivity contribution in [3.8, 4) is 0 Å². The topological polar surface area (TPSA) is 68.8 Å². The van der Waals surface area contributed by atoms with Crippen LogP contribution in [0.15, 0.2) is 4.52 Å². The van der Waals surface area contributed by atoms with E-state index in [1.165, 1.54) is 5.56 Å². The van der Waals surface area contributed by atoms with E-state index < -0.39 is 0 Å². The summed E-state index contributed by atoms with van der Waals surface area (Å²) in [5.41, 5.74) is 3.45. The zero-order valence-electron chi connectivity index (χ0n) is 13.6. The molecule has 6 nitrogen and oxygen atoms in total. The van der Waals surface area contributed by atoms with Crippen molar-refractivity contribution in [3.05, 3.63) is 28.7 Å². The Morgan fingerprint density at radius 2 is 2.05 bits per heavy atom. The van der Waals surface area contributed by atoms with E-state index in [0.29, 0.717) is 18.5 Å². The van der Waals surface area contributed by atoms with E-state index in [2.05, 4.69) is 48.3 Å². The largest absolute Gasteiger partial charge is 0.337 e. The number of nitrogens with one attached hydrogen (secondary N) is 1. The normalized spacial score (nSPS) is 11.5. The van der Waals surface area contributed by atoms with Crippen molar-refractivity contribution in [1.29, 1.82) is 0 Å². The second kappa shape index (κ2) is 6.85. The van der Waals surface area contributed by atoms with Gasteiger partial charge in [-0.2, -0.15) is 10.1 Å². The van der Waals surface area contributed by atoms with Crippen molar-refractivity contribution in [3.63, 3.8) is 0 Å². The molecule has 2 rings (SSSR count). The van der Waals surface area contributed by atoms with Gasteiger partial charge in [0.1, 0.15) is 6.54 Å². The maximum atomic E-state index is 5.29. The smallest absolute Gasteiger partial charge is 0.248 e. The molecule has 0 spiro atoms. The minimum absolute atomic E-state index is 0.458. The SMILES string of the molecule is CCCc1noc(Cn2nc(C)c(CNC(C)C)c2C)n1. The van der Waals surface area contributed by atoms with E-state index in [-0.39, 0.29) is 0 Å². The molecular formula is C15H25N5O. The van der Waals surface area contributed by atoms with Gasteiger partial charge in [0.05, 0.1) is 5.69 Å². The Labute approximate surface area is 125 Å². The van der Waals surface area contributed by atoms with Crippen molar-refractivity contribution in [2.75, 3.05) is 0 Å². The van der Waals surface area contributed by atoms with Crippen molar-refractivity contribution in [2.45, 2.75) is 66.6 Å². The molecule has 2 aromatic heterocycles. The first-order valence-electron chi connectivity index (χ1n) is 7.59. The Morgan fingerprint density at radius 3 is 2.71 bits per heavy atom. The van der Waals surface area contributed by atoms with E-state index in [0.717, 1.165) is 36.6 Å². The second-order valence-electron chi connectivity index (χ2n) is 5.70. The first-order valence-corrected chi connectivity index (χ1v) is 7.59. The van der Waals surface area contributed by atoms with Crippen LogP contribution >= 0.6 is 0 Å². The van der Waals surface area contributed by atoms with E-state index in [4.69, 9.17) is 4.52 Å².